The van der Waals surface area contributed by atoms with Crippen LogP contribution < -0.4 is 15.8 Å². The zero-order chi connectivity index (χ0) is 24.3. The fourth-order valence-corrected chi connectivity index (χ4v) is 5.97. The second-order valence-corrected chi connectivity index (χ2v) is 10.1. The quantitative estimate of drug-likeness (QED) is 0.358. The number of piperidine rings is 1. The summed E-state index contributed by atoms with van der Waals surface area (Å²) in [6.07, 6.45) is 10.0. The van der Waals surface area contributed by atoms with Gasteiger partial charge in [0.1, 0.15) is 5.65 Å². The minimum atomic E-state index is 0.00543. The Bertz CT molecular complexity index is 1380. The Morgan fingerprint density at radius 3 is 2.39 bits per heavy atom. The van der Waals surface area contributed by atoms with Crippen LogP contribution in [0.1, 0.15) is 62.5 Å². The van der Waals surface area contributed by atoms with Crippen molar-refractivity contribution in [3.05, 3.63) is 88.8 Å². The summed E-state index contributed by atoms with van der Waals surface area (Å²) in [5.41, 5.74) is 4.22. The van der Waals surface area contributed by atoms with Crippen LogP contribution in [0.5, 0.6) is 0 Å². The van der Waals surface area contributed by atoms with Gasteiger partial charge in [0.25, 0.3) is 5.56 Å². The topological polar surface area (TPSA) is 63.1 Å². The molecule has 2 fully saturated rings. The van der Waals surface area contributed by atoms with Gasteiger partial charge in [-0.3, -0.25) is 9.36 Å². The van der Waals surface area contributed by atoms with E-state index in [1.165, 1.54) is 36.9 Å². The molecule has 184 valence electrons. The van der Waals surface area contributed by atoms with Crippen LogP contribution in [-0.4, -0.2) is 27.6 Å². The molecule has 36 heavy (non-hydrogen) atoms. The van der Waals surface area contributed by atoms with Gasteiger partial charge in [0.2, 0.25) is 5.95 Å². The Labute approximate surface area is 212 Å². The third-order valence-corrected chi connectivity index (χ3v) is 7.80. The predicted octanol–water partition coefficient (Wildman–Crippen LogP) is 6.42. The molecule has 2 aromatic carbocycles. The fraction of sp³-hybridized carbons (Fsp3) is 0.367. The smallest absolute Gasteiger partial charge is 0.252 e. The maximum atomic E-state index is 13.2. The van der Waals surface area contributed by atoms with Crippen LogP contribution in [0, 0.1) is 0 Å². The van der Waals surface area contributed by atoms with Crippen LogP contribution in [0.25, 0.3) is 11.0 Å². The van der Waals surface area contributed by atoms with E-state index in [9.17, 15) is 4.79 Å². The van der Waals surface area contributed by atoms with Crippen molar-refractivity contribution in [1.29, 1.82) is 0 Å². The van der Waals surface area contributed by atoms with E-state index < -0.39 is 0 Å². The molecule has 2 aromatic heterocycles. The third-order valence-electron chi connectivity index (χ3n) is 7.80. The zero-order valence-electron chi connectivity index (χ0n) is 20.6. The molecule has 1 saturated carbocycles. The molecule has 6 rings (SSSR count). The van der Waals surface area contributed by atoms with E-state index in [0.29, 0.717) is 17.5 Å². The van der Waals surface area contributed by atoms with E-state index in [-0.39, 0.29) is 11.6 Å². The second kappa shape index (κ2) is 10.1. The highest BCUT2D eigenvalue weighted by molar-refractivity contribution is 5.76. The first kappa shape index (κ1) is 22.8. The Balaban J connectivity index is 1.32. The molecule has 2 unspecified atom stereocenters. The second-order valence-electron chi connectivity index (χ2n) is 10.1. The molecule has 0 spiro atoms. The summed E-state index contributed by atoms with van der Waals surface area (Å²) >= 11 is 0. The monoisotopic (exact) mass is 479 g/mol. The largest absolute Gasteiger partial charge is 0.372 e. The van der Waals surface area contributed by atoms with Crippen LogP contribution in [0.4, 0.5) is 17.3 Å². The van der Waals surface area contributed by atoms with Gasteiger partial charge in [-0.05, 0) is 68.0 Å². The number of pyridine rings is 1. The Kier molecular flexibility index (Phi) is 6.41. The highest BCUT2D eigenvalue weighted by Crippen LogP contribution is 2.41. The molecule has 4 aromatic rings. The number of nitrogens with zero attached hydrogens (tertiary/aromatic N) is 4. The summed E-state index contributed by atoms with van der Waals surface area (Å²) in [6, 6.07) is 22.7. The third kappa shape index (κ3) is 4.60. The normalized spacial score (nSPS) is 20.4. The van der Waals surface area contributed by atoms with E-state index >= 15 is 0 Å². The fourth-order valence-electron chi connectivity index (χ4n) is 5.97. The SMILES string of the molecule is O=c1ccc2cnc(Nc3ccc(N4CCCCC4)cc3)nc2n1C1CCCCC1c1ccccc1. The van der Waals surface area contributed by atoms with Gasteiger partial charge in [-0.2, -0.15) is 4.98 Å². The summed E-state index contributed by atoms with van der Waals surface area (Å²) in [5.74, 6) is 0.816. The summed E-state index contributed by atoms with van der Waals surface area (Å²) in [7, 11) is 0. The van der Waals surface area contributed by atoms with E-state index in [1.807, 2.05) is 16.8 Å². The van der Waals surface area contributed by atoms with Crippen molar-refractivity contribution in [2.45, 2.75) is 56.9 Å². The number of rotatable bonds is 5. The van der Waals surface area contributed by atoms with E-state index in [0.717, 1.165) is 43.4 Å². The number of anilines is 3. The standard InChI is InChI=1S/C30H33N5O/c36-28-18-13-23-21-31-30(32-24-14-16-25(17-15-24)34-19-7-2-8-20-34)33-29(23)35(28)27-12-6-5-11-26(27)22-9-3-1-4-10-22/h1,3-4,9-10,13-18,21,26-27H,2,5-8,11-12,19-20H2,(H,31,32,33). The molecule has 2 aliphatic rings. The summed E-state index contributed by atoms with van der Waals surface area (Å²) in [4.78, 5) is 25.1. The number of fused-ring (bicyclic) bond motifs is 1. The van der Waals surface area contributed by atoms with Crippen molar-refractivity contribution in [2.75, 3.05) is 23.3 Å². The molecular weight excluding hydrogens is 446 g/mol. The van der Waals surface area contributed by atoms with E-state index in [1.54, 1.807) is 6.07 Å². The van der Waals surface area contributed by atoms with Gasteiger partial charge in [-0.15, -0.1) is 0 Å². The molecule has 6 nitrogen and oxygen atoms in total. The molecule has 3 heterocycles. The van der Waals surface area contributed by atoms with Crippen LogP contribution in [0.3, 0.4) is 0 Å². The molecule has 0 radical (unpaired) electrons. The van der Waals surface area contributed by atoms with E-state index in [4.69, 9.17) is 4.98 Å². The van der Waals surface area contributed by atoms with Gasteiger partial charge in [-0.1, -0.05) is 43.2 Å². The molecule has 1 N–H and O–H groups in total. The van der Waals surface area contributed by atoms with Crippen LogP contribution in [0.15, 0.2) is 77.7 Å². The first-order valence-corrected chi connectivity index (χ1v) is 13.3. The molecule has 0 bridgehead atoms. The number of nitrogens with one attached hydrogen (secondary N) is 1. The van der Waals surface area contributed by atoms with Gasteiger partial charge in [0, 0.05) is 54.1 Å². The molecule has 6 heteroatoms. The average molecular weight is 480 g/mol. The number of hydrogen-bond donors (Lipinski definition) is 1. The lowest BCUT2D eigenvalue weighted by Crippen LogP contribution is -2.31. The number of aromatic nitrogens is 3. The zero-order valence-corrected chi connectivity index (χ0v) is 20.6. The highest BCUT2D eigenvalue weighted by atomic mass is 16.1. The molecule has 1 aliphatic carbocycles. The Morgan fingerprint density at radius 1 is 0.806 bits per heavy atom. The highest BCUT2D eigenvalue weighted by Gasteiger charge is 2.30. The Morgan fingerprint density at radius 2 is 1.58 bits per heavy atom. The minimum Gasteiger partial charge on any atom is -0.372 e. The minimum absolute atomic E-state index is 0.00543. The van der Waals surface area contributed by atoms with Crippen molar-refractivity contribution < 1.29 is 0 Å². The van der Waals surface area contributed by atoms with Crippen LogP contribution in [-0.2, 0) is 0 Å². The van der Waals surface area contributed by atoms with Gasteiger partial charge < -0.3 is 10.2 Å². The van der Waals surface area contributed by atoms with Crippen molar-refractivity contribution in [3.63, 3.8) is 0 Å². The first-order valence-electron chi connectivity index (χ1n) is 13.3. The van der Waals surface area contributed by atoms with Crippen molar-refractivity contribution in [1.82, 2.24) is 14.5 Å². The molecule has 1 saturated heterocycles. The average Bonchev–Trinajstić information content (AvgIpc) is 2.94. The van der Waals surface area contributed by atoms with Gasteiger partial charge >= 0.3 is 0 Å². The Hall–Kier alpha value is -3.67. The number of benzene rings is 2. The molecule has 2 atom stereocenters. The number of hydrogen-bond acceptors (Lipinski definition) is 5. The first-order chi connectivity index (χ1) is 17.8. The molecular formula is C30H33N5O. The van der Waals surface area contributed by atoms with Crippen molar-refractivity contribution >= 4 is 28.4 Å². The van der Waals surface area contributed by atoms with Crippen LogP contribution >= 0.6 is 0 Å². The predicted molar refractivity (Wildman–Crippen MR) is 146 cm³/mol. The summed E-state index contributed by atoms with van der Waals surface area (Å²) in [5, 5.41) is 4.25. The lowest BCUT2D eigenvalue weighted by molar-refractivity contribution is 0.305. The summed E-state index contributed by atoms with van der Waals surface area (Å²) < 4.78 is 1.93. The van der Waals surface area contributed by atoms with Crippen molar-refractivity contribution in [3.8, 4) is 0 Å². The maximum Gasteiger partial charge on any atom is 0.252 e. The van der Waals surface area contributed by atoms with Gasteiger partial charge in [0.05, 0.1) is 0 Å². The lowest BCUT2D eigenvalue weighted by atomic mass is 9.79. The van der Waals surface area contributed by atoms with Gasteiger partial charge in [0.15, 0.2) is 0 Å². The molecule has 1 aliphatic heterocycles. The maximum absolute atomic E-state index is 13.2. The van der Waals surface area contributed by atoms with Crippen molar-refractivity contribution in [2.24, 2.45) is 0 Å². The lowest BCUT2D eigenvalue weighted by Gasteiger charge is -2.33. The summed E-state index contributed by atoms with van der Waals surface area (Å²) in [6.45, 7) is 2.26. The van der Waals surface area contributed by atoms with Gasteiger partial charge in [-0.25, -0.2) is 4.98 Å². The molecule has 0 amide bonds. The van der Waals surface area contributed by atoms with E-state index in [2.05, 4.69) is 69.8 Å². The van der Waals surface area contributed by atoms with Crippen LogP contribution in [0.2, 0.25) is 0 Å².